The Morgan fingerprint density at radius 3 is 2.77 bits per heavy atom. The van der Waals surface area contributed by atoms with Crippen LogP contribution in [0.4, 0.5) is 4.39 Å². The molecule has 31 heavy (non-hydrogen) atoms. The van der Waals surface area contributed by atoms with Crippen molar-refractivity contribution in [1.82, 2.24) is 4.90 Å². The van der Waals surface area contributed by atoms with Crippen molar-refractivity contribution in [2.45, 2.75) is 39.0 Å². The number of benzene rings is 2. The Bertz CT molecular complexity index is 877. The highest BCUT2D eigenvalue weighted by molar-refractivity contribution is 6.30. The Kier molecular flexibility index (Phi) is 8.84. The standard InChI is InChI=1S/C24H30ClFN2O3/c1-17(2)15-30-16-20(29)13-28(12-18-6-5-7-19(25)10-18)14-21-11-24(27-31-21)22-8-3-4-9-23(22)26/h3-10,17,20-21,29H,11-16H2,1-2H3/t20-,21-/m0/s1. The van der Waals surface area contributed by atoms with Crippen molar-refractivity contribution in [2.75, 3.05) is 26.3 Å². The lowest BCUT2D eigenvalue weighted by atomic mass is 10.0. The van der Waals surface area contributed by atoms with Gasteiger partial charge in [0.25, 0.3) is 0 Å². The third-order valence-corrected chi connectivity index (χ3v) is 5.14. The average molecular weight is 449 g/mol. The van der Waals surface area contributed by atoms with E-state index in [4.69, 9.17) is 21.2 Å². The molecule has 0 bridgehead atoms. The molecule has 2 aromatic rings. The van der Waals surface area contributed by atoms with Gasteiger partial charge in [-0.3, -0.25) is 4.90 Å². The van der Waals surface area contributed by atoms with Crippen LogP contribution in [0.25, 0.3) is 0 Å². The van der Waals surface area contributed by atoms with Crippen LogP contribution in [-0.4, -0.2) is 54.2 Å². The van der Waals surface area contributed by atoms with Gasteiger partial charge in [0.2, 0.25) is 0 Å². The summed E-state index contributed by atoms with van der Waals surface area (Å²) in [7, 11) is 0. The molecule has 0 aliphatic carbocycles. The van der Waals surface area contributed by atoms with Crippen LogP contribution >= 0.6 is 11.6 Å². The Morgan fingerprint density at radius 1 is 1.23 bits per heavy atom. The lowest BCUT2D eigenvalue weighted by Gasteiger charge is -2.27. The molecule has 3 rings (SSSR count). The quantitative estimate of drug-likeness (QED) is 0.549. The van der Waals surface area contributed by atoms with E-state index in [0.717, 1.165) is 5.56 Å². The SMILES string of the molecule is CC(C)COC[C@@H](O)CN(Cc1cccc(Cl)c1)C[C@@H]1CC(c2ccccc2F)=NO1. The second kappa shape index (κ2) is 11.6. The molecular formula is C24H30ClFN2O3. The maximum absolute atomic E-state index is 14.1. The topological polar surface area (TPSA) is 54.3 Å². The highest BCUT2D eigenvalue weighted by Gasteiger charge is 2.27. The lowest BCUT2D eigenvalue weighted by Crippen LogP contribution is -2.39. The second-order valence-corrected chi connectivity index (χ2v) is 8.79. The third kappa shape index (κ3) is 7.58. The number of rotatable bonds is 11. The van der Waals surface area contributed by atoms with Crippen molar-refractivity contribution in [3.63, 3.8) is 0 Å². The highest BCUT2D eigenvalue weighted by atomic mass is 35.5. The molecule has 1 N–H and O–H groups in total. The first-order chi connectivity index (χ1) is 14.9. The molecule has 7 heteroatoms. The summed E-state index contributed by atoms with van der Waals surface area (Å²) in [6, 6.07) is 14.2. The summed E-state index contributed by atoms with van der Waals surface area (Å²) in [6.07, 6.45) is -0.351. The molecule has 2 aromatic carbocycles. The zero-order valence-corrected chi connectivity index (χ0v) is 18.8. The first kappa shape index (κ1) is 23.7. The molecule has 0 unspecified atom stereocenters. The van der Waals surface area contributed by atoms with Crippen molar-refractivity contribution in [3.8, 4) is 0 Å². The number of hydrogen-bond donors (Lipinski definition) is 1. The predicted octanol–water partition coefficient (Wildman–Crippen LogP) is 4.51. The molecule has 0 saturated heterocycles. The molecule has 0 aromatic heterocycles. The van der Waals surface area contributed by atoms with E-state index in [0.29, 0.717) is 54.9 Å². The van der Waals surface area contributed by atoms with Crippen molar-refractivity contribution in [2.24, 2.45) is 11.1 Å². The zero-order chi connectivity index (χ0) is 22.2. The van der Waals surface area contributed by atoms with Crippen LogP contribution < -0.4 is 0 Å². The summed E-state index contributed by atoms with van der Waals surface area (Å²) in [5, 5.41) is 15.3. The first-order valence-corrected chi connectivity index (χ1v) is 11.0. The van der Waals surface area contributed by atoms with Gasteiger partial charge in [0.1, 0.15) is 11.9 Å². The molecule has 5 nitrogen and oxygen atoms in total. The van der Waals surface area contributed by atoms with E-state index in [1.54, 1.807) is 18.2 Å². The van der Waals surface area contributed by atoms with Crippen LogP contribution in [0.2, 0.25) is 5.02 Å². The van der Waals surface area contributed by atoms with E-state index in [2.05, 4.69) is 23.9 Å². The van der Waals surface area contributed by atoms with Crippen LogP contribution in [0.15, 0.2) is 53.7 Å². The number of hydrogen-bond acceptors (Lipinski definition) is 5. The van der Waals surface area contributed by atoms with Gasteiger partial charge < -0.3 is 14.7 Å². The maximum Gasteiger partial charge on any atom is 0.145 e. The number of aliphatic hydroxyl groups excluding tert-OH is 1. The normalized spacial score (nSPS) is 17.1. The minimum Gasteiger partial charge on any atom is -0.390 e. The molecule has 1 aliphatic heterocycles. The van der Waals surface area contributed by atoms with Gasteiger partial charge in [-0.2, -0.15) is 0 Å². The fourth-order valence-electron chi connectivity index (χ4n) is 3.56. The number of nitrogens with zero attached hydrogens (tertiary/aromatic N) is 2. The summed E-state index contributed by atoms with van der Waals surface area (Å²) in [6.45, 7) is 6.57. The Hall–Kier alpha value is -1.99. The highest BCUT2D eigenvalue weighted by Crippen LogP contribution is 2.21. The number of aliphatic hydroxyl groups is 1. The second-order valence-electron chi connectivity index (χ2n) is 8.36. The molecule has 1 heterocycles. The van der Waals surface area contributed by atoms with E-state index in [9.17, 15) is 9.50 Å². The molecular weight excluding hydrogens is 419 g/mol. The number of oxime groups is 1. The summed E-state index contributed by atoms with van der Waals surface area (Å²) in [5.41, 5.74) is 2.11. The number of halogens is 2. The smallest absolute Gasteiger partial charge is 0.145 e. The van der Waals surface area contributed by atoms with E-state index >= 15 is 0 Å². The van der Waals surface area contributed by atoms with Gasteiger partial charge >= 0.3 is 0 Å². The summed E-state index contributed by atoms with van der Waals surface area (Å²) in [4.78, 5) is 7.70. The molecule has 1 aliphatic rings. The van der Waals surface area contributed by atoms with Crippen molar-refractivity contribution < 1.29 is 19.1 Å². The van der Waals surface area contributed by atoms with Crippen LogP contribution in [0.5, 0.6) is 0 Å². The maximum atomic E-state index is 14.1. The summed E-state index contributed by atoms with van der Waals surface area (Å²) in [5.74, 6) is 0.106. The van der Waals surface area contributed by atoms with Crippen molar-refractivity contribution in [1.29, 1.82) is 0 Å². The van der Waals surface area contributed by atoms with Crippen LogP contribution in [-0.2, 0) is 16.1 Å². The van der Waals surface area contributed by atoms with E-state index in [1.165, 1.54) is 6.07 Å². The fraction of sp³-hybridized carbons (Fsp3) is 0.458. The largest absolute Gasteiger partial charge is 0.390 e. The van der Waals surface area contributed by atoms with Gasteiger partial charge in [-0.1, -0.05) is 60.9 Å². The molecule has 0 saturated carbocycles. The summed E-state index contributed by atoms with van der Waals surface area (Å²) < 4.78 is 19.7. The molecule has 0 spiro atoms. The minimum atomic E-state index is -0.633. The van der Waals surface area contributed by atoms with E-state index < -0.39 is 6.10 Å². The molecule has 168 valence electrons. The van der Waals surface area contributed by atoms with Crippen LogP contribution in [0.3, 0.4) is 0 Å². The Morgan fingerprint density at radius 2 is 2.03 bits per heavy atom. The third-order valence-electron chi connectivity index (χ3n) is 4.91. The van der Waals surface area contributed by atoms with E-state index in [1.807, 2.05) is 24.3 Å². The Balaban J connectivity index is 1.61. The minimum absolute atomic E-state index is 0.224. The van der Waals surface area contributed by atoms with Crippen molar-refractivity contribution >= 4 is 17.3 Å². The van der Waals surface area contributed by atoms with Gasteiger partial charge in [-0.05, 0) is 29.7 Å². The van der Waals surface area contributed by atoms with Crippen molar-refractivity contribution in [3.05, 3.63) is 70.5 Å². The van der Waals surface area contributed by atoms with Gasteiger partial charge in [-0.15, -0.1) is 0 Å². The molecule has 2 atom stereocenters. The van der Waals surface area contributed by atoms with Gasteiger partial charge in [0, 0.05) is 43.2 Å². The van der Waals surface area contributed by atoms with Crippen LogP contribution in [0, 0.1) is 11.7 Å². The van der Waals surface area contributed by atoms with Gasteiger partial charge in [0.15, 0.2) is 0 Å². The molecule has 0 fully saturated rings. The van der Waals surface area contributed by atoms with E-state index in [-0.39, 0.29) is 18.5 Å². The molecule has 0 radical (unpaired) electrons. The Labute approximate surface area is 188 Å². The summed E-state index contributed by atoms with van der Waals surface area (Å²) >= 11 is 6.14. The number of ether oxygens (including phenoxy) is 1. The molecule has 0 amide bonds. The fourth-order valence-corrected chi connectivity index (χ4v) is 3.77. The predicted molar refractivity (Wildman–Crippen MR) is 121 cm³/mol. The first-order valence-electron chi connectivity index (χ1n) is 10.6. The van der Waals surface area contributed by atoms with Gasteiger partial charge in [-0.25, -0.2) is 4.39 Å². The monoisotopic (exact) mass is 448 g/mol. The van der Waals surface area contributed by atoms with Gasteiger partial charge in [0.05, 0.1) is 18.4 Å². The van der Waals surface area contributed by atoms with Crippen LogP contribution in [0.1, 0.15) is 31.4 Å². The lowest BCUT2D eigenvalue weighted by molar-refractivity contribution is -0.00734. The zero-order valence-electron chi connectivity index (χ0n) is 18.0. The average Bonchev–Trinajstić information content (AvgIpc) is 3.16.